The SMILES string of the molecule is CN(C)C(=O)NCc1ccccc1C=C(c1ccccc1)c1ccccc1. The van der Waals surface area contributed by atoms with Gasteiger partial charge in [0.25, 0.3) is 0 Å². The monoisotopic (exact) mass is 356 g/mol. The highest BCUT2D eigenvalue weighted by molar-refractivity contribution is 5.91. The van der Waals surface area contributed by atoms with Gasteiger partial charge < -0.3 is 10.2 Å². The van der Waals surface area contributed by atoms with Gasteiger partial charge in [0.15, 0.2) is 0 Å². The van der Waals surface area contributed by atoms with E-state index in [0.29, 0.717) is 6.54 Å². The van der Waals surface area contributed by atoms with Crippen molar-refractivity contribution in [2.24, 2.45) is 0 Å². The zero-order valence-corrected chi connectivity index (χ0v) is 15.7. The quantitative estimate of drug-likeness (QED) is 0.638. The summed E-state index contributed by atoms with van der Waals surface area (Å²) in [5, 5.41) is 2.95. The van der Waals surface area contributed by atoms with E-state index in [1.54, 1.807) is 14.1 Å². The highest BCUT2D eigenvalue weighted by atomic mass is 16.2. The molecule has 0 aromatic heterocycles. The molecule has 0 radical (unpaired) electrons. The molecule has 1 N–H and O–H groups in total. The fourth-order valence-electron chi connectivity index (χ4n) is 2.89. The fourth-order valence-corrected chi connectivity index (χ4v) is 2.89. The van der Waals surface area contributed by atoms with Crippen molar-refractivity contribution in [3.8, 4) is 0 Å². The number of carbonyl (C=O) groups is 1. The number of nitrogens with zero attached hydrogens (tertiary/aromatic N) is 1. The summed E-state index contributed by atoms with van der Waals surface area (Å²) in [5.74, 6) is 0. The van der Waals surface area contributed by atoms with Gasteiger partial charge in [-0.15, -0.1) is 0 Å². The first-order chi connectivity index (χ1) is 13.1. The summed E-state index contributed by atoms with van der Waals surface area (Å²) in [6.07, 6.45) is 2.20. The lowest BCUT2D eigenvalue weighted by Crippen LogP contribution is -2.34. The number of nitrogens with one attached hydrogen (secondary N) is 1. The van der Waals surface area contributed by atoms with Gasteiger partial charge in [-0.1, -0.05) is 84.9 Å². The molecule has 0 saturated carbocycles. The summed E-state index contributed by atoms with van der Waals surface area (Å²) >= 11 is 0. The average molecular weight is 356 g/mol. The fraction of sp³-hybridized carbons (Fsp3) is 0.125. The Morgan fingerprint density at radius 1 is 0.815 bits per heavy atom. The van der Waals surface area contributed by atoms with Crippen molar-refractivity contribution in [3.05, 3.63) is 107 Å². The van der Waals surface area contributed by atoms with Crippen molar-refractivity contribution in [2.45, 2.75) is 6.54 Å². The minimum atomic E-state index is -0.0971. The lowest BCUT2D eigenvalue weighted by Gasteiger charge is -2.14. The van der Waals surface area contributed by atoms with Gasteiger partial charge in [-0.3, -0.25) is 0 Å². The van der Waals surface area contributed by atoms with E-state index in [0.717, 1.165) is 27.8 Å². The molecule has 0 fully saturated rings. The predicted octanol–water partition coefficient (Wildman–Crippen LogP) is 5.05. The predicted molar refractivity (Wildman–Crippen MR) is 112 cm³/mol. The highest BCUT2D eigenvalue weighted by Gasteiger charge is 2.08. The van der Waals surface area contributed by atoms with Gasteiger partial charge in [0, 0.05) is 20.6 Å². The molecule has 136 valence electrons. The molecule has 0 heterocycles. The van der Waals surface area contributed by atoms with Crippen LogP contribution < -0.4 is 5.32 Å². The third-order valence-electron chi connectivity index (χ3n) is 4.36. The van der Waals surface area contributed by atoms with Gasteiger partial charge in [-0.25, -0.2) is 4.79 Å². The van der Waals surface area contributed by atoms with E-state index in [1.807, 2.05) is 24.3 Å². The third-order valence-corrected chi connectivity index (χ3v) is 4.36. The first kappa shape index (κ1) is 18.5. The van der Waals surface area contributed by atoms with E-state index in [1.165, 1.54) is 4.90 Å². The molecule has 3 heteroatoms. The van der Waals surface area contributed by atoms with E-state index in [-0.39, 0.29) is 6.03 Å². The zero-order chi connectivity index (χ0) is 19.1. The number of hydrogen-bond donors (Lipinski definition) is 1. The maximum atomic E-state index is 11.9. The molecule has 3 aromatic rings. The molecule has 3 rings (SSSR count). The number of rotatable bonds is 5. The third kappa shape index (κ3) is 4.85. The van der Waals surface area contributed by atoms with E-state index < -0.39 is 0 Å². The number of amides is 2. The first-order valence-electron chi connectivity index (χ1n) is 9.01. The van der Waals surface area contributed by atoms with E-state index >= 15 is 0 Å². The van der Waals surface area contributed by atoms with Gasteiger partial charge >= 0.3 is 6.03 Å². The number of urea groups is 1. The molecule has 3 nitrogen and oxygen atoms in total. The van der Waals surface area contributed by atoms with Crippen LogP contribution in [0.1, 0.15) is 22.3 Å². The van der Waals surface area contributed by atoms with Crippen molar-refractivity contribution >= 4 is 17.7 Å². The Morgan fingerprint density at radius 3 is 1.89 bits per heavy atom. The summed E-state index contributed by atoms with van der Waals surface area (Å²) < 4.78 is 0. The van der Waals surface area contributed by atoms with Crippen LogP contribution >= 0.6 is 0 Å². The number of hydrogen-bond acceptors (Lipinski definition) is 1. The zero-order valence-electron chi connectivity index (χ0n) is 15.7. The van der Waals surface area contributed by atoms with Crippen LogP contribution in [0, 0.1) is 0 Å². The molecule has 0 aliphatic carbocycles. The molecule has 0 saturated heterocycles. The Labute approximate surface area is 161 Å². The summed E-state index contributed by atoms with van der Waals surface area (Å²) in [7, 11) is 3.48. The smallest absolute Gasteiger partial charge is 0.317 e. The molecule has 0 spiro atoms. The molecule has 0 aliphatic rings. The largest absolute Gasteiger partial charge is 0.334 e. The number of benzene rings is 3. The Bertz CT molecular complexity index is 874. The van der Waals surface area contributed by atoms with Crippen molar-refractivity contribution in [1.29, 1.82) is 0 Å². The Hall–Kier alpha value is -3.33. The van der Waals surface area contributed by atoms with Gasteiger partial charge in [0.2, 0.25) is 0 Å². The minimum Gasteiger partial charge on any atom is -0.334 e. The van der Waals surface area contributed by atoms with E-state index in [2.05, 4.69) is 72.1 Å². The maximum absolute atomic E-state index is 11.9. The second-order valence-electron chi connectivity index (χ2n) is 6.54. The molecule has 3 aromatic carbocycles. The van der Waals surface area contributed by atoms with Crippen LogP contribution in [-0.4, -0.2) is 25.0 Å². The van der Waals surface area contributed by atoms with Crippen molar-refractivity contribution in [1.82, 2.24) is 10.2 Å². The molecule has 2 amide bonds. The normalized spacial score (nSPS) is 10.1. The molecular formula is C24H24N2O. The van der Waals surface area contributed by atoms with Gasteiger partial charge in [-0.05, 0) is 33.9 Å². The van der Waals surface area contributed by atoms with Crippen molar-refractivity contribution in [3.63, 3.8) is 0 Å². The highest BCUT2D eigenvalue weighted by Crippen LogP contribution is 2.27. The van der Waals surface area contributed by atoms with Crippen LogP contribution in [0.4, 0.5) is 4.79 Å². The van der Waals surface area contributed by atoms with Crippen LogP contribution in [0.2, 0.25) is 0 Å². The molecule has 0 aliphatic heterocycles. The van der Waals surface area contributed by atoms with E-state index in [9.17, 15) is 4.79 Å². The Morgan fingerprint density at radius 2 is 1.33 bits per heavy atom. The second kappa shape index (κ2) is 8.86. The van der Waals surface area contributed by atoms with Crippen molar-refractivity contribution in [2.75, 3.05) is 14.1 Å². The summed E-state index contributed by atoms with van der Waals surface area (Å²) in [6.45, 7) is 0.487. The van der Waals surface area contributed by atoms with E-state index in [4.69, 9.17) is 0 Å². The van der Waals surface area contributed by atoms with Crippen LogP contribution in [0.3, 0.4) is 0 Å². The van der Waals surface area contributed by atoms with Crippen LogP contribution in [-0.2, 0) is 6.54 Å². The van der Waals surface area contributed by atoms with Gasteiger partial charge in [-0.2, -0.15) is 0 Å². The minimum absolute atomic E-state index is 0.0971. The standard InChI is InChI=1S/C24H24N2O/c1-26(2)24(27)25-18-22-16-10-9-15-21(22)17-23(19-11-5-3-6-12-19)20-13-7-4-8-14-20/h3-17H,18H2,1-2H3,(H,25,27). The molecule has 0 atom stereocenters. The van der Waals surface area contributed by atoms with Gasteiger partial charge in [0.1, 0.15) is 0 Å². The van der Waals surface area contributed by atoms with Crippen LogP contribution in [0.5, 0.6) is 0 Å². The summed E-state index contributed by atoms with van der Waals surface area (Å²) in [6, 6.07) is 28.8. The summed E-state index contributed by atoms with van der Waals surface area (Å²) in [5.41, 5.74) is 5.66. The second-order valence-corrected chi connectivity index (χ2v) is 6.54. The van der Waals surface area contributed by atoms with Crippen LogP contribution in [0.15, 0.2) is 84.9 Å². The van der Waals surface area contributed by atoms with Crippen LogP contribution in [0.25, 0.3) is 11.6 Å². The lowest BCUT2D eigenvalue weighted by molar-refractivity contribution is 0.217. The Balaban J connectivity index is 2.00. The molecule has 27 heavy (non-hydrogen) atoms. The average Bonchev–Trinajstić information content (AvgIpc) is 2.72. The summed E-state index contributed by atoms with van der Waals surface area (Å²) in [4.78, 5) is 13.4. The van der Waals surface area contributed by atoms with Crippen molar-refractivity contribution < 1.29 is 4.79 Å². The first-order valence-corrected chi connectivity index (χ1v) is 9.01. The number of carbonyl (C=O) groups excluding carboxylic acids is 1. The Kier molecular flexibility index (Phi) is 6.06. The lowest BCUT2D eigenvalue weighted by atomic mass is 9.94. The molecule has 0 unspecified atom stereocenters. The topological polar surface area (TPSA) is 32.3 Å². The molecule has 0 bridgehead atoms. The molecular weight excluding hydrogens is 332 g/mol. The maximum Gasteiger partial charge on any atom is 0.317 e. The van der Waals surface area contributed by atoms with Gasteiger partial charge in [0.05, 0.1) is 0 Å².